The lowest BCUT2D eigenvalue weighted by Gasteiger charge is -2.33. The second-order valence-electron chi connectivity index (χ2n) is 8.41. The highest BCUT2D eigenvalue weighted by Gasteiger charge is 2.65. The minimum atomic E-state index is -5.53. The Bertz CT molecular complexity index is 1170. The first-order valence-electron chi connectivity index (χ1n) is 9.94. The highest BCUT2D eigenvalue weighted by atomic mass is 19.4. The molecule has 0 bridgehead atoms. The number of halogens is 7. The van der Waals surface area contributed by atoms with Crippen LogP contribution in [0.5, 0.6) is 0 Å². The molecule has 5 nitrogen and oxygen atoms in total. The molecule has 12 heteroatoms. The van der Waals surface area contributed by atoms with Crippen LogP contribution in [0.4, 0.5) is 36.4 Å². The molecule has 0 saturated heterocycles. The number of carbonyl (C=O) groups is 2. The third kappa shape index (κ3) is 4.10. The quantitative estimate of drug-likeness (QED) is 0.463. The number of alkyl halides is 6. The van der Waals surface area contributed by atoms with Gasteiger partial charge in [0.05, 0.1) is 11.1 Å². The van der Waals surface area contributed by atoms with Crippen LogP contribution < -0.4 is 5.32 Å². The minimum absolute atomic E-state index is 0.153. The SMILES string of the molecule is O=C1OCc2cc(NC(=O)C(O)(CC3(c4cc(C(F)(F)F)ccc4F)CC3)C(F)(F)F)ccc21. The predicted octanol–water partition coefficient (Wildman–Crippen LogP) is 4.87. The molecule has 1 amide bonds. The van der Waals surface area contributed by atoms with Gasteiger partial charge in [-0.3, -0.25) is 4.79 Å². The Morgan fingerprint density at radius 3 is 2.32 bits per heavy atom. The molecule has 4 rings (SSSR count). The Labute approximate surface area is 187 Å². The molecule has 1 fully saturated rings. The zero-order valence-corrected chi connectivity index (χ0v) is 17.1. The van der Waals surface area contributed by atoms with E-state index >= 15 is 0 Å². The van der Waals surface area contributed by atoms with Crippen molar-refractivity contribution in [1.82, 2.24) is 0 Å². The van der Waals surface area contributed by atoms with E-state index < -0.39 is 58.6 Å². The van der Waals surface area contributed by atoms with Gasteiger partial charge in [-0.15, -0.1) is 0 Å². The van der Waals surface area contributed by atoms with E-state index in [0.29, 0.717) is 23.8 Å². The van der Waals surface area contributed by atoms with Gasteiger partial charge in [0.25, 0.3) is 5.91 Å². The van der Waals surface area contributed by atoms with E-state index in [4.69, 9.17) is 4.74 Å². The normalized spacial score (nSPS) is 18.6. The lowest BCUT2D eigenvalue weighted by atomic mass is 9.81. The summed E-state index contributed by atoms with van der Waals surface area (Å²) in [5, 5.41) is 12.4. The molecule has 1 aliphatic heterocycles. The number of fused-ring (bicyclic) bond motifs is 1. The summed E-state index contributed by atoms with van der Waals surface area (Å²) in [6.45, 7) is -0.153. The summed E-state index contributed by atoms with van der Waals surface area (Å²) in [7, 11) is 0. The monoisotopic (exact) mass is 491 g/mol. The molecule has 0 radical (unpaired) electrons. The molecule has 1 aliphatic carbocycles. The summed E-state index contributed by atoms with van der Waals surface area (Å²) in [4.78, 5) is 24.1. The fourth-order valence-corrected chi connectivity index (χ4v) is 4.04. The number of cyclic esters (lactones) is 1. The van der Waals surface area contributed by atoms with Crippen LogP contribution in [0.3, 0.4) is 0 Å². The Morgan fingerprint density at radius 2 is 1.74 bits per heavy atom. The molecule has 2 aromatic rings. The van der Waals surface area contributed by atoms with Crippen molar-refractivity contribution in [2.24, 2.45) is 0 Å². The number of amides is 1. The van der Waals surface area contributed by atoms with Gasteiger partial charge < -0.3 is 15.2 Å². The van der Waals surface area contributed by atoms with Gasteiger partial charge in [-0.25, -0.2) is 9.18 Å². The Hall–Kier alpha value is -3.15. The zero-order chi connectivity index (χ0) is 25.1. The van der Waals surface area contributed by atoms with Crippen LogP contribution in [0.1, 0.15) is 46.3 Å². The fourth-order valence-electron chi connectivity index (χ4n) is 4.04. The molecular formula is C22H16F7NO4. The van der Waals surface area contributed by atoms with Crippen molar-refractivity contribution in [2.75, 3.05) is 5.32 Å². The van der Waals surface area contributed by atoms with Gasteiger partial charge in [-0.2, -0.15) is 26.3 Å². The molecular weight excluding hydrogens is 475 g/mol. The van der Waals surface area contributed by atoms with E-state index in [0.717, 1.165) is 6.07 Å². The predicted molar refractivity (Wildman–Crippen MR) is 102 cm³/mol. The second kappa shape index (κ2) is 7.69. The summed E-state index contributed by atoms with van der Waals surface area (Å²) in [6.07, 6.45) is -12.1. The molecule has 2 N–H and O–H groups in total. The average molecular weight is 491 g/mol. The number of rotatable bonds is 5. The minimum Gasteiger partial charge on any atom is -0.457 e. The first-order chi connectivity index (χ1) is 15.7. The lowest BCUT2D eigenvalue weighted by molar-refractivity contribution is -0.253. The standard InChI is InChI=1S/C22H16F7NO4/c23-16-4-1-12(21(24,25)26)8-15(16)19(5-6-19)10-20(33,22(27,28)29)18(32)30-13-2-3-14-11(7-13)9-34-17(14)31/h1-4,7-8,33H,5-6,9-10H2,(H,30,32). The maximum atomic E-state index is 14.4. The summed E-state index contributed by atoms with van der Waals surface area (Å²) in [6, 6.07) is 4.94. The molecule has 1 atom stereocenters. The van der Waals surface area contributed by atoms with Gasteiger partial charge in [0, 0.05) is 23.1 Å². The van der Waals surface area contributed by atoms with Gasteiger partial charge in [-0.05, 0) is 54.8 Å². The smallest absolute Gasteiger partial charge is 0.426 e. The third-order valence-corrected chi connectivity index (χ3v) is 6.10. The van der Waals surface area contributed by atoms with Crippen molar-refractivity contribution in [1.29, 1.82) is 0 Å². The molecule has 2 aromatic carbocycles. The van der Waals surface area contributed by atoms with Gasteiger partial charge in [0.15, 0.2) is 0 Å². The van der Waals surface area contributed by atoms with Crippen LogP contribution in [0, 0.1) is 5.82 Å². The average Bonchev–Trinajstić information content (AvgIpc) is 3.41. The summed E-state index contributed by atoms with van der Waals surface area (Å²) in [5.74, 6) is -3.69. The van der Waals surface area contributed by atoms with Crippen molar-refractivity contribution >= 4 is 17.6 Å². The van der Waals surface area contributed by atoms with E-state index in [1.165, 1.54) is 12.1 Å². The highest BCUT2D eigenvalue weighted by molar-refractivity contribution is 5.99. The Kier molecular flexibility index (Phi) is 5.42. The van der Waals surface area contributed by atoms with Gasteiger partial charge in [-0.1, -0.05) is 0 Å². The molecule has 2 aliphatic rings. The number of carbonyl (C=O) groups excluding carboxylic acids is 2. The van der Waals surface area contributed by atoms with Crippen LogP contribution in [-0.4, -0.2) is 28.8 Å². The molecule has 182 valence electrons. The zero-order valence-electron chi connectivity index (χ0n) is 17.1. The largest absolute Gasteiger partial charge is 0.457 e. The molecule has 0 aromatic heterocycles. The number of ether oxygens (including phenoxy) is 1. The molecule has 34 heavy (non-hydrogen) atoms. The van der Waals surface area contributed by atoms with Gasteiger partial charge in [0.1, 0.15) is 12.4 Å². The number of hydrogen-bond acceptors (Lipinski definition) is 4. The van der Waals surface area contributed by atoms with Crippen LogP contribution >= 0.6 is 0 Å². The van der Waals surface area contributed by atoms with Crippen molar-refractivity contribution in [3.05, 3.63) is 64.5 Å². The molecule has 1 unspecified atom stereocenters. The van der Waals surface area contributed by atoms with Crippen LogP contribution in [0.15, 0.2) is 36.4 Å². The fraction of sp³-hybridized carbons (Fsp3) is 0.364. The van der Waals surface area contributed by atoms with Gasteiger partial charge >= 0.3 is 18.3 Å². The number of aliphatic hydroxyl groups is 1. The molecule has 1 saturated carbocycles. The number of hydrogen-bond donors (Lipinski definition) is 2. The second-order valence-corrected chi connectivity index (χ2v) is 8.41. The maximum absolute atomic E-state index is 14.4. The van der Waals surface area contributed by atoms with E-state index in [9.17, 15) is 45.4 Å². The third-order valence-electron chi connectivity index (χ3n) is 6.10. The maximum Gasteiger partial charge on any atom is 0.426 e. The van der Waals surface area contributed by atoms with Crippen molar-refractivity contribution in [3.63, 3.8) is 0 Å². The van der Waals surface area contributed by atoms with Crippen molar-refractivity contribution < 1.29 is 50.2 Å². The Balaban J connectivity index is 1.65. The highest BCUT2D eigenvalue weighted by Crippen LogP contribution is 2.57. The number of anilines is 1. The lowest BCUT2D eigenvalue weighted by Crippen LogP contribution is -2.56. The first kappa shape index (κ1) is 24.0. The van der Waals surface area contributed by atoms with E-state index in [1.54, 1.807) is 0 Å². The summed E-state index contributed by atoms with van der Waals surface area (Å²) < 4.78 is 100. The van der Waals surface area contributed by atoms with Crippen LogP contribution in [0.2, 0.25) is 0 Å². The van der Waals surface area contributed by atoms with Crippen LogP contribution in [0.25, 0.3) is 0 Å². The van der Waals surface area contributed by atoms with E-state index in [-0.39, 0.29) is 30.7 Å². The summed E-state index contributed by atoms with van der Waals surface area (Å²) in [5.41, 5.74) is -7.44. The van der Waals surface area contributed by atoms with E-state index in [2.05, 4.69) is 0 Å². The number of esters is 1. The number of nitrogens with one attached hydrogen (secondary N) is 1. The van der Waals surface area contributed by atoms with E-state index in [1.807, 2.05) is 5.32 Å². The molecule has 1 heterocycles. The van der Waals surface area contributed by atoms with Gasteiger partial charge in [0.2, 0.25) is 5.60 Å². The van der Waals surface area contributed by atoms with Crippen LogP contribution in [-0.2, 0) is 27.7 Å². The molecule has 0 spiro atoms. The van der Waals surface area contributed by atoms with Crippen molar-refractivity contribution in [3.8, 4) is 0 Å². The van der Waals surface area contributed by atoms with Crippen molar-refractivity contribution in [2.45, 2.75) is 49.2 Å². The Morgan fingerprint density at radius 1 is 1.06 bits per heavy atom. The summed E-state index contributed by atoms with van der Waals surface area (Å²) >= 11 is 0. The topological polar surface area (TPSA) is 75.6 Å². The first-order valence-corrected chi connectivity index (χ1v) is 9.94. The number of benzene rings is 2.